The number of rotatable bonds is 7. The molecule has 1 aliphatic rings. The SMILES string of the molecule is CCOc1cc(C2/C(=C(\O)c3cccc([N+](=O)[O-])c3)C(=O)C(=O)N2c2cccc(Cl)c2)ccc1OC. The number of nitrogens with zero attached hydrogens (tertiary/aromatic N) is 2. The molecule has 0 saturated carbocycles. The number of ketones is 1. The molecule has 4 rings (SSSR count). The second-order valence-electron chi connectivity index (χ2n) is 7.80. The number of hydrogen-bond donors (Lipinski definition) is 1. The highest BCUT2D eigenvalue weighted by Crippen LogP contribution is 2.44. The van der Waals surface area contributed by atoms with E-state index in [1.807, 2.05) is 0 Å². The molecule has 3 aromatic carbocycles. The van der Waals surface area contributed by atoms with Crippen molar-refractivity contribution in [3.63, 3.8) is 0 Å². The highest BCUT2D eigenvalue weighted by atomic mass is 35.5. The van der Waals surface area contributed by atoms with Crippen LogP contribution in [-0.4, -0.2) is 35.4 Å². The number of anilines is 1. The Kier molecular flexibility index (Phi) is 6.93. The largest absolute Gasteiger partial charge is 0.507 e. The molecule has 1 aliphatic heterocycles. The van der Waals surface area contributed by atoms with Crippen LogP contribution < -0.4 is 14.4 Å². The Morgan fingerprint density at radius 2 is 1.83 bits per heavy atom. The van der Waals surface area contributed by atoms with Gasteiger partial charge in [0.15, 0.2) is 11.5 Å². The van der Waals surface area contributed by atoms with Gasteiger partial charge in [-0.15, -0.1) is 0 Å². The molecule has 0 spiro atoms. The number of non-ortho nitro benzene ring substituents is 1. The van der Waals surface area contributed by atoms with E-state index >= 15 is 0 Å². The number of amides is 1. The van der Waals surface area contributed by atoms with Gasteiger partial charge in [-0.25, -0.2) is 0 Å². The molecule has 9 nitrogen and oxygen atoms in total. The van der Waals surface area contributed by atoms with Crippen LogP contribution in [0.4, 0.5) is 11.4 Å². The van der Waals surface area contributed by atoms with Crippen LogP contribution in [0.3, 0.4) is 0 Å². The van der Waals surface area contributed by atoms with E-state index in [1.165, 1.54) is 36.3 Å². The molecule has 0 radical (unpaired) electrons. The van der Waals surface area contributed by atoms with Gasteiger partial charge in [0.05, 0.1) is 30.3 Å². The maximum absolute atomic E-state index is 13.3. The van der Waals surface area contributed by atoms with Crippen LogP contribution >= 0.6 is 11.6 Å². The van der Waals surface area contributed by atoms with Crippen molar-refractivity contribution < 1.29 is 29.1 Å². The summed E-state index contributed by atoms with van der Waals surface area (Å²) in [5.74, 6) is -1.55. The smallest absolute Gasteiger partial charge is 0.300 e. The van der Waals surface area contributed by atoms with Crippen molar-refractivity contribution in [2.75, 3.05) is 18.6 Å². The van der Waals surface area contributed by atoms with E-state index in [-0.39, 0.29) is 16.8 Å². The maximum atomic E-state index is 13.3. The molecule has 3 aromatic rings. The van der Waals surface area contributed by atoms with Crippen molar-refractivity contribution in [1.29, 1.82) is 0 Å². The lowest BCUT2D eigenvalue weighted by Crippen LogP contribution is -2.29. The van der Waals surface area contributed by atoms with Crippen LogP contribution in [0.15, 0.2) is 72.3 Å². The number of nitro benzene ring substituents is 1. The number of aliphatic hydroxyl groups is 1. The van der Waals surface area contributed by atoms with E-state index in [0.717, 1.165) is 6.07 Å². The first kappa shape index (κ1) is 24.7. The van der Waals surface area contributed by atoms with Crippen LogP contribution in [0.1, 0.15) is 24.1 Å². The Bertz CT molecular complexity index is 1400. The number of Topliss-reactive ketones (excluding diaryl/α,β-unsaturated/α-hetero) is 1. The highest BCUT2D eigenvalue weighted by molar-refractivity contribution is 6.51. The molecule has 0 aliphatic carbocycles. The van der Waals surface area contributed by atoms with Crippen LogP contribution in [0, 0.1) is 10.1 Å². The van der Waals surface area contributed by atoms with E-state index in [0.29, 0.717) is 34.4 Å². The minimum absolute atomic E-state index is 0.0248. The fourth-order valence-corrected chi connectivity index (χ4v) is 4.28. The topological polar surface area (TPSA) is 119 Å². The second kappa shape index (κ2) is 10.1. The third-order valence-electron chi connectivity index (χ3n) is 5.66. The summed E-state index contributed by atoms with van der Waals surface area (Å²) < 4.78 is 11.0. The summed E-state index contributed by atoms with van der Waals surface area (Å²) >= 11 is 6.16. The number of halogens is 1. The van der Waals surface area contributed by atoms with Gasteiger partial charge in [0, 0.05) is 28.4 Å². The molecule has 1 heterocycles. The van der Waals surface area contributed by atoms with E-state index in [9.17, 15) is 24.8 Å². The summed E-state index contributed by atoms with van der Waals surface area (Å²) in [6.07, 6.45) is 0. The number of hydrogen-bond acceptors (Lipinski definition) is 7. The Balaban J connectivity index is 1.98. The van der Waals surface area contributed by atoms with Gasteiger partial charge in [0.1, 0.15) is 5.76 Å². The number of ether oxygens (including phenoxy) is 2. The van der Waals surface area contributed by atoms with Crippen molar-refractivity contribution >= 4 is 40.4 Å². The van der Waals surface area contributed by atoms with Crippen LogP contribution in [-0.2, 0) is 9.59 Å². The Morgan fingerprint density at radius 1 is 1.08 bits per heavy atom. The maximum Gasteiger partial charge on any atom is 0.300 e. The van der Waals surface area contributed by atoms with Crippen molar-refractivity contribution in [3.8, 4) is 11.5 Å². The molecule has 0 aromatic heterocycles. The van der Waals surface area contributed by atoms with Gasteiger partial charge in [-0.1, -0.05) is 35.9 Å². The first-order valence-corrected chi connectivity index (χ1v) is 11.3. The predicted molar refractivity (Wildman–Crippen MR) is 133 cm³/mol. The third kappa shape index (κ3) is 4.48. The number of carbonyl (C=O) groups is 2. The molecule has 1 unspecified atom stereocenters. The number of methoxy groups -OCH3 is 1. The lowest BCUT2D eigenvalue weighted by atomic mass is 9.94. The summed E-state index contributed by atoms with van der Waals surface area (Å²) in [5.41, 5.74) is 0.305. The molecule has 1 N–H and O–H groups in total. The van der Waals surface area contributed by atoms with Crippen molar-refractivity contribution in [2.24, 2.45) is 0 Å². The summed E-state index contributed by atoms with van der Waals surface area (Å²) in [6.45, 7) is 2.13. The quantitative estimate of drug-likeness (QED) is 0.151. The molecular weight excluding hydrogens is 488 g/mol. The zero-order valence-electron chi connectivity index (χ0n) is 19.3. The van der Waals surface area contributed by atoms with E-state index < -0.39 is 28.4 Å². The molecule has 184 valence electrons. The first-order valence-electron chi connectivity index (χ1n) is 10.9. The second-order valence-corrected chi connectivity index (χ2v) is 8.24. The zero-order chi connectivity index (χ0) is 26.0. The zero-order valence-corrected chi connectivity index (χ0v) is 20.1. The molecular formula is C26H21ClN2O7. The molecule has 36 heavy (non-hydrogen) atoms. The number of aliphatic hydroxyl groups excluding tert-OH is 1. The van der Waals surface area contributed by atoms with Gasteiger partial charge < -0.3 is 14.6 Å². The average molecular weight is 509 g/mol. The summed E-state index contributed by atoms with van der Waals surface area (Å²) in [6, 6.07) is 15.4. The average Bonchev–Trinajstić information content (AvgIpc) is 3.14. The van der Waals surface area contributed by atoms with Gasteiger partial charge in [-0.05, 0) is 42.8 Å². The minimum Gasteiger partial charge on any atom is -0.507 e. The molecule has 1 amide bonds. The van der Waals surface area contributed by atoms with E-state index in [4.69, 9.17) is 21.1 Å². The Labute approximate surface area is 211 Å². The van der Waals surface area contributed by atoms with E-state index in [1.54, 1.807) is 43.3 Å². The first-order chi connectivity index (χ1) is 17.3. The molecule has 1 fully saturated rings. The van der Waals surface area contributed by atoms with Crippen LogP contribution in [0.25, 0.3) is 5.76 Å². The lowest BCUT2D eigenvalue weighted by Gasteiger charge is -2.26. The van der Waals surface area contributed by atoms with Crippen molar-refractivity contribution in [1.82, 2.24) is 0 Å². The standard InChI is InChI=1S/C26H21ClN2O7/c1-3-36-21-13-15(10-11-20(21)35-2)23-22(24(30)16-6-4-9-19(12-16)29(33)34)25(31)26(32)28(23)18-8-5-7-17(27)14-18/h4-14,23,30H,3H2,1-2H3/b24-22+. The van der Waals surface area contributed by atoms with E-state index in [2.05, 4.69) is 0 Å². The van der Waals surface area contributed by atoms with Gasteiger partial charge in [0.2, 0.25) is 0 Å². The van der Waals surface area contributed by atoms with Crippen molar-refractivity contribution in [3.05, 3.63) is 98.6 Å². The summed E-state index contributed by atoms with van der Waals surface area (Å²) in [5, 5.41) is 22.8. The number of carbonyl (C=O) groups excluding carboxylic acids is 2. The number of benzene rings is 3. The summed E-state index contributed by atoms with van der Waals surface area (Å²) in [4.78, 5) is 38.5. The monoisotopic (exact) mass is 508 g/mol. The highest BCUT2D eigenvalue weighted by Gasteiger charge is 2.47. The molecule has 1 atom stereocenters. The molecule has 0 bridgehead atoms. The third-order valence-corrected chi connectivity index (χ3v) is 5.90. The summed E-state index contributed by atoms with van der Waals surface area (Å²) in [7, 11) is 1.48. The Morgan fingerprint density at radius 3 is 2.50 bits per heavy atom. The van der Waals surface area contributed by atoms with Gasteiger partial charge in [-0.2, -0.15) is 0 Å². The van der Waals surface area contributed by atoms with Crippen LogP contribution in [0.2, 0.25) is 5.02 Å². The van der Waals surface area contributed by atoms with Gasteiger partial charge >= 0.3 is 0 Å². The number of nitro groups is 1. The fourth-order valence-electron chi connectivity index (χ4n) is 4.09. The van der Waals surface area contributed by atoms with Gasteiger partial charge in [0.25, 0.3) is 17.4 Å². The molecule has 1 saturated heterocycles. The lowest BCUT2D eigenvalue weighted by molar-refractivity contribution is -0.384. The van der Waals surface area contributed by atoms with Crippen LogP contribution in [0.5, 0.6) is 11.5 Å². The van der Waals surface area contributed by atoms with Gasteiger partial charge in [-0.3, -0.25) is 24.6 Å². The fraction of sp³-hybridized carbons (Fsp3) is 0.154. The minimum atomic E-state index is -1.08. The van der Waals surface area contributed by atoms with Crippen molar-refractivity contribution in [2.45, 2.75) is 13.0 Å². The Hall–Kier alpha value is -4.37. The normalized spacial score (nSPS) is 16.8. The predicted octanol–water partition coefficient (Wildman–Crippen LogP) is 5.28. The molecule has 10 heteroatoms.